The van der Waals surface area contributed by atoms with E-state index in [0.29, 0.717) is 0 Å². The second kappa shape index (κ2) is 4.39. The third-order valence-corrected chi connectivity index (χ3v) is 3.03. The number of aromatic nitrogens is 1. The van der Waals surface area contributed by atoms with Gasteiger partial charge in [0.1, 0.15) is 5.78 Å². The number of hydrogen-bond acceptors (Lipinski definition) is 3. The zero-order valence-electron chi connectivity index (χ0n) is 10.2. The van der Waals surface area contributed by atoms with Crippen molar-refractivity contribution in [2.45, 2.75) is 32.6 Å². The van der Waals surface area contributed by atoms with Gasteiger partial charge in [-0.2, -0.15) is 0 Å². The lowest BCUT2D eigenvalue weighted by Crippen LogP contribution is -2.43. The minimum Gasteiger partial charge on any atom is -0.344 e. The van der Waals surface area contributed by atoms with Gasteiger partial charge in [0.25, 0.3) is 0 Å². The summed E-state index contributed by atoms with van der Waals surface area (Å²) in [5.41, 5.74) is 2.56. The van der Waals surface area contributed by atoms with E-state index in [9.17, 15) is 4.79 Å². The van der Waals surface area contributed by atoms with E-state index in [1.54, 1.807) is 6.92 Å². The highest BCUT2D eigenvalue weighted by molar-refractivity contribution is 5.81. The monoisotopic (exact) mass is 221 g/mol. The summed E-state index contributed by atoms with van der Waals surface area (Å²) in [7, 11) is 4.12. The van der Waals surface area contributed by atoms with Gasteiger partial charge in [-0.3, -0.25) is 4.79 Å². The largest absolute Gasteiger partial charge is 0.344 e. The summed E-state index contributed by atoms with van der Waals surface area (Å²) in [6.07, 6.45) is 0. The van der Waals surface area contributed by atoms with E-state index in [0.717, 1.165) is 19.6 Å². The van der Waals surface area contributed by atoms with Crippen molar-refractivity contribution >= 4 is 5.78 Å². The van der Waals surface area contributed by atoms with E-state index in [2.05, 4.69) is 41.0 Å². The van der Waals surface area contributed by atoms with Crippen LogP contribution in [0.1, 0.15) is 18.3 Å². The number of hydrogen-bond donors (Lipinski definition) is 1. The van der Waals surface area contributed by atoms with E-state index in [1.807, 2.05) is 0 Å². The third kappa shape index (κ3) is 2.18. The van der Waals surface area contributed by atoms with Crippen molar-refractivity contribution in [3.63, 3.8) is 0 Å². The Hall–Kier alpha value is -1.13. The molecule has 1 aliphatic rings. The molecule has 0 bridgehead atoms. The van der Waals surface area contributed by atoms with E-state index in [1.165, 1.54) is 11.4 Å². The zero-order chi connectivity index (χ0) is 11.7. The molecule has 4 nitrogen and oxygen atoms in total. The molecule has 2 rings (SSSR count). The average Bonchev–Trinajstić information content (AvgIpc) is 2.60. The van der Waals surface area contributed by atoms with Gasteiger partial charge in [0.05, 0.1) is 6.04 Å². The van der Waals surface area contributed by atoms with E-state index in [-0.39, 0.29) is 11.8 Å². The molecule has 1 aliphatic heterocycles. The second-order valence-corrected chi connectivity index (χ2v) is 4.71. The topological polar surface area (TPSA) is 37.3 Å². The Balaban J connectivity index is 2.21. The molecule has 4 heteroatoms. The quantitative estimate of drug-likeness (QED) is 0.812. The van der Waals surface area contributed by atoms with E-state index < -0.39 is 0 Å². The molecule has 1 N–H and O–H groups in total. The second-order valence-electron chi connectivity index (χ2n) is 4.71. The number of rotatable bonds is 3. The fourth-order valence-electron chi connectivity index (χ4n) is 2.15. The lowest BCUT2D eigenvalue weighted by Gasteiger charge is -2.26. The number of Topliss-reactive ketones (excluding diaryl/α,β-unsaturated/α-hetero) is 1. The molecule has 16 heavy (non-hydrogen) atoms. The van der Waals surface area contributed by atoms with Crippen molar-refractivity contribution in [2.75, 3.05) is 14.1 Å². The van der Waals surface area contributed by atoms with Crippen LogP contribution in [0.15, 0.2) is 12.1 Å². The first kappa shape index (κ1) is 11.4. The summed E-state index contributed by atoms with van der Waals surface area (Å²) in [6.45, 7) is 4.13. The summed E-state index contributed by atoms with van der Waals surface area (Å²) in [6, 6.07) is 4.27. The predicted octanol–water partition coefficient (Wildman–Crippen LogP) is 0.611. The molecule has 0 saturated heterocycles. The summed E-state index contributed by atoms with van der Waals surface area (Å²) in [5.74, 6) is 0.218. The Morgan fingerprint density at radius 1 is 1.56 bits per heavy atom. The molecule has 1 unspecified atom stereocenters. The van der Waals surface area contributed by atoms with Crippen LogP contribution in [0.25, 0.3) is 0 Å². The predicted molar refractivity (Wildman–Crippen MR) is 63.1 cm³/mol. The number of nitrogens with zero attached hydrogens (tertiary/aromatic N) is 2. The summed E-state index contributed by atoms with van der Waals surface area (Å²) >= 11 is 0. The molecular weight excluding hydrogens is 202 g/mol. The fraction of sp³-hybridized carbons (Fsp3) is 0.583. The Kier molecular flexibility index (Phi) is 3.12. The Morgan fingerprint density at radius 3 is 2.94 bits per heavy atom. The van der Waals surface area contributed by atoms with Gasteiger partial charge in [0, 0.05) is 31.0 Å². The highest BCUT2D eigenvalue weighted by Crippen LogP contribution is 2.16. The molecule has 0 spiro atoms. The Morgan fingerprint density at radius 2 is 2.31 bits per heavy atom. The van der Waals surface area contributed by atoms with Gasteiger partial charge < -0.3 is 14.8 Å². The summed E-state index contributed by atoms with van der Waals surface area (Å²) in [5, 5.41) is 3.26. The SMILES string of the molecule is CC(=O)C1Cn2c(ccc2CN(C)C)CN1. The van der Waals surface area contributed by atoms with Gasteiger partial charge in [0.2, 0.25) is 0 Å². The molecular formula is C12H19N3O. The first-order valence-electron chi connectivity index (χ1n) is 5.64. The number of carbonyl (C=O) groups excluding carboxylic acids is 1. The van der Waals surface area contributed by atoms with Crippen molar-refractivity contribution in [1.29, 1.82) is 0 Å². The van der Waals surface area contributed by atoms with Crippen LogP contribution in [0.5, 0.6) is 0 Å². The average molecular weight is 221 g/mol. The summed E-state index contributed by atoms with van der Waals surface area (Å²) < 4.78 is 2.27. The molecule has 88 valence electrons. The van der Waals surface area contributed by atoms with Gasteiger partial charge >= 0.3 is 0 Å². The third-order valence-electron chi connectivity index (χ3n) is 3.03. The molecule has 2 heterocycles. The first-order chi connectivity index (χ1) is 7.58. The lowest BCUT2D eigenvalue weighted by molar-refractivity contribution is -0.119. The van der Waals surface area contributed by atoms with E-state index >= 15 is 0 Å². The van der Waals surface area contributed by atoms with Gasteiger partial charge in [0.15, 0.2) is 0 Å². The summed E-state index contributed by atoms with van der Waals surface area (Å²) in [4.78, 5) is 13.5. The molecule has 0 aliphatic carbocycles. The van der Waals surface area contributed by atoms with Crippen LogP contribution >= 0.6 is 0 Å². The van der Waals surface area contributed by atoms with Crippen LogP contribution in [0.2, 0.25) is 0 Å². The Bertz CT molecular complexity index is 395. The minimum absolute atomic E-state index is 0.0270. The first-order valence-corrected chi connectivity index (χ1v) is 5.64. The standard InChI is InChI=1S/C12H19N3O/c1-9(16)12-8-15-10(6-13-12)4-5-11(15)7-14(2)3/h4-5,12-13H,6-8H2,1-3H3. The highest BCUT2D eigenvalue weighted by atomic mass is 16.1. The number of nitrogens with one attached hydrogen (secondary N) is 1. The molecule has 1 aromatic heterocycles. The molecule has 0 aromatic carbocycles. The smallest absolute Gasteiger partial charge is 0.148 e. The van der Waals surface area contributed by atoms with Gasteiger partial charge in [-0.05, 0) is 33.2 Å². The normalized spacial score (nSPS) is 19.9. The molecule has 0 fully saturated rings. The van der Waals surface area contributed by atoms with Crippen LogP contribution in [0.3, 0.4) is 0 Å². The van der Waals surface area contributed by atoms with Gasteiger partial charge in [-0.15, -0.1) is 0 Å². The van der Waals surface area contributed by atoms with Crippen molar-refractivity contribution in [3.8, 4) is 0 Å². The number of fused-ring (bicyclic) bond motifs is 1. The van der Waals surface area contributed by atoms with Gasteiger partial charge in [-0.25, -0.2) is 0 Å². The number of carbonyl (C=O) groups is 1. The van der Waals surface area contributed by atoms with Gasteiger partial charge in [-0.1, -0.05) is 0 Å². The lowest BCUT2D eigenvalue weighted by atomic mass is 10.1. The fourth-order valence-corrected chi connectivity index (χ4v) is 2.15. The molecule has 0 radical (unpaired) electrons. The molecule has 0 amide bonds. The molecule has 1 aromatic rings. The van der Waals surface area contributed by atoms with Crippen molar-refractivity contribution in [2.24, 2.45) is 0 Å². The maximum Gasteiger partial charge on any atom is 0.148 e. The maximum absolute atomic E-state index is 11.4. The van der Waals surface area contributed by atoms with Crippen molar-refractivity contribution in [1.82, 2.24) is 14.8 Å². The highest BCUT2D eigenvalue weighted by Gasteiger charge is 2.22. The minimum atomic E-state index is -0.0270. The Labute approximate surface area is 96.2 Å². The molecule has 1 atom stereocenters. The van der Waals surface area contributed by atoms with Crippen LogP contribution < -0.4 is 5.32 Å². The zero-order valence-corrected chi connectivity index (χ0v) is 10.2. The van der Waals surface area contributed by atoms with E-state index in [4.69, 9.17) is 0 Å². The van der Waals surface area contributed by atoms with Crippen LogP contribution in [-0.4, -0.2) is 35.4 Å². The van der Waals surface area contributed by atoms with Crippen LogP contribution in [0.4, 0.5) is 0 Å². The number of ketones is 1. The van der Waals surface area contributed by atoms with Crippen LogP contribution in [-0.2, 0) is 24.4 Å². The van der Waals surface area contributed by atoms with Crippen LogP contribution in [0, 0.1) is 0 Å². The molecule has 0 saturated carbocycles. The maximum atomic E-state index is 11.4. The van der Waals surface area contributed by atoms with Crippen molar-refractivity contribution < 1.29 is 4.79 Å². The van der Waals surface area contributed by atoms with Crippen molar-refractivity contribution in [3.05, 3.63) is 23.5 Å².